The summed E-state index contributed by atoms with van der Waals surface area (Å²) in [6.45, 7) is 1.85. The highest BCUT2D eigenvalue weighted by atomic mass is 19.1. The third-order valence-electron chi connectivity index (χ3n) is 6.82. The number of hydrogen-bond acceptors (Lipinski definition) is 4. The number of benzene rings is 2. The average Bonchev–Trinajstić information content (AvgIpc) is 3.40. The Kier molecular flexibility index (Phi) is 7.80. The third-order valence-corrected chi connectivity index (χ3v) is 6.82. The molecule has 2 aromatic carbocycles. The fourth-order valence-corrected chi connectivity index (χ4v) is 4.79. The first kappa shape index (κ1) is 24.9. The molecule has 8 heteroatoms. The van der Waals surface area contributed by atoms with E-state index in [0.29, 0.717) is 36.5 Å². The number of likely N-dealkylation sites (tertiary alicyclic amines) is 1. The van der Waals surface area contributed by atoms with E-state index in [2.05, 4.69) is 4.90 Å². The van der Waals surface area contributed by atoms with Crippen LogP contribution < -0.4 is 4.74 Å². The molecule has 0 N–H and O–H groups in total. The summed E-state index contributed by atoms with van der Waals surface area (Å²) in [5.74, 6) is -0.932. The van der Waals surface area contributed by atoms with Crippen LogP contribution in [0.25, 0.3) is 0 Å². The first-order chi connectivity index (χ1) is 16.9. The van der Waals surface area contributed by atoms with Crippen molar-refractivity contribution in [1.29, 1.82) is 0 Å². The van der Waals surface area contributed by atoms with Crippen molar-refractivity contribution in [3.63, 3.8) is 0 Å². The molecule has 35 heavy (non-hydrogen) atoms. The molecule has 1 aliphatic rings. The molecular weight excluding hydrogens is 457 g/mol. The number of ether oxygens (including phenoxy) is 1. The van der Waals surface area contributed by atoms with Gasteiger partial charge in [0.15, 0.2) is 5.76 Å². The van der Waals surface area contributed by atoms with Gasteiger partial charge in [0, 0.05) is 31.3 Å². The van der Waals surface area contributed by atoms with Gasteiger partial charge in [-0.2, -0.15) is 0 Å². The zero-order valence-electron chi connectivity index (χ0n) is 19.8. The number of methoxy groups -OCH3 is 1. The summed E-state index contributed by atoms with van der Waals surface area (Å²) >= 11 is 0. The SMILES string of the molecule is COc1ccc(F)c(CN2CCC([C@@H](Cc3ccc(F)cc3F)N(C)C(=O)c3ccco3)CC2)c1. The summed E-state index contributed by atoms with van der Waals surface area (Å²) < 4.78 is 52.8. The lowest BCUT2D eigenvalue weighted by molar-refractivity contribution is 0.0553. The highest BCUT2D eigenvalue weighted by Crippen LogP contribution is 2.29. The van der Waals surface area contributed by atoms with Gasteiger partial charge in [-0.1, -0.05) is 6.07 Å². The van der Waals surface area contributed by atoms with Crippen LogP contribution in [0.2, 0.25) is 0 Å². The second kappa shape index (κ2) is 11.0. The Morgan fingerprint density at radius 2 is 1.86 bits per heavy atom. The summed E-state index contributed by atoms with van der Waals surface area (Å²) in [6, 6.07) is 11.2. The predicted molar refractivity (Wildman–Crippen MR) is 126 cm³/mol. The van der Waals surface area contributed by atoms with Gasteiger partial charge in [0.05, 0.1) is 13.4 Å². The van der Waals surface area contributed by atoms with Gasteiger partial charge >= 0.3 is 0 Å². The Labute approximate surface area is 203 Å². The Balaban J connectivity index is 1.49. The third kappa shape index (κ3) is 5.88. The van der Waals surface area contributed by atoms with Crippen molar-refractivity contribution in [3.05, 3.63) is 89.1 Å². The molecule has 1 atom stereocenters. The van der Waals surface area contributed by atoms with Gasteiger partial charge in [0.1, 0.15) is 23.2 Å². The second-order valence-corrected chi connectivity index (χ2v) is 8.97. The van der Waals surface area contributed by atoms with Crippen molar-refractivity contribution < 1.29 is 27.1 Å². The fourth-order valence-electron chi connectivity index (χ4n) is 4.79. The maximum Gasteiger partial charge on any atom is 0.289 e. The van der Waals surface area contributed by atoms with Crippen molar-refractivity contribution in [3.8, 4) is 5.75 Å². The fraction of sp³-hybridized carbons (Fsp3) is 0.370. The first-order valence-corrected chi connectivity index (χ1v) is 11.6. The van der Waals surface area contributed by atoms with Gasteiger partial charge in [0.2, 0.25) is 0 Å². The van der Waals surface area contributed by atoms with E-state index < -0.39 is 11.6 Å². The zero-order chi connectivity index (χ0) is 24.9. The predicted octanol–water partition coefficient (Wildman–Crippen LogP) is 5.30. The normalized spacial score (nSPS) is 15.7. The molecule has 1 fully saturated rings. The highest BCUT2D eigenvalue weighted by Gasteiger charge is 2.33. The van der Waals surface area contributed by atoms with Crippen LogP contribution in [0.4, 0.5) is 13.2 Å². The number of halogens is 3. The second-order valence-electron chi connectivity index (χ2n) is 8.97. The number of amides is 1. The molecule has 2 heterocycles. The molecule has 3 aromatic rings. The number of carbonyl (C=O) groups is 1. The van der Waals surface area contributed by atoms with E-state index in [1.807, 2.05) is 0 Å². The lowest BCUT2D eigenvalue weighted by Crippen LogP contribution is -2.47. The number of furan rings is 1. The van der Waals surface area contributed by atoms with Crippen LogP contribution in [0.15, 0.2) is 59.2 Å². The zero-order valence-corrected chi connectivity index (χ0v) is 19.8. The molecule has 0 radical (unpaired) electrons. The largest absolute Gasteiger partial charge is 0.497 e. The number of piperidine rings is 1. The molecule has 1 aromatic heterocycles. The minimum Gasteiger partial charge on any atom is -0.497 e. The molecular formula is C27H29F3N2O3. The van der Waals surface area contributed by atoms with Crippen molar-refractivity contribution >= 4 is 5.91 Å². The molecule has 5 nitrogen and oxygen atoms in total. The number of hydrogen-bond donors (Lipinski definition) is 0. The molecule has 0 unspecified atom stereocenters. The van der Waals surface area contributed by atoms with Crippen LogP contribution in [0, 0.1) is 23.4 Å². The molecule has 1 amide bonds. The summed E-state index contributed by atoms with van der Waals surface area (Å²) in [5.41, 5.74) is 0.925. The van der Waals surface area contributed by atoms with Crippen LogP contribution >= 0.6 is 0 Å². The molecule has 1 aliphatic heterocycles. The molecule has 0 aliphatic carbocycles. The van der Waals surface area contributed by atoms with Crippen LogP contribution in [-0.2, 0) is 13.0 Å². The van der Waals surface area contributed by atoms with E-state index in [1.165, 1.54) is 24.5 Å². The van der Waals surface area contributed by atoms with E-state index in [9.17, 15) is 18.0 Å². The van der Waals surface area contributed by atoms with E-state index in [1.54, 1.807) is 43.3 Å². The molecule has 1 saturated heterocycles. The molecule has 0 saturated carbocycles. The molecule has 4 rings (SSSR count). The van der Waals surface area contributed by atoms with E-state index in [-0.39, 0.29) is 35.9 Å². The number of nitrogens with zero attached hydrogens (tertiary/aromatic N) is 2. The Hall–Kier alpha value is -3.26. The quantitative estimate of drug-likeness (QED) is 0.434. The Morgan fingerprint density at radius 3 is 2.51 bits per heavy atom. The van der Waals surface area contributed by atoms with Crippen LogP contribution in [0.5, 0.6) is 5.75 Å². The van der Waals surface area contributed by atoms with Gasteiger partial charge in [0.25, 0.3) is 5.91 Å². The standard InChI is InChI=1S/C27H29F3N2O3/c1-31(27(33)26-4-3-13-35-26)25(15-19-5-6-21(28)16-24(19)30)18-9-11-32(12-10-18)17-20-14-22(34-2)7-8-23(20)29/h3-8,13-14,16,18,25H,9-12,15,17H2,1-2H3/t25-/m1/s1. The smallest absolute Gasteiger partial charge is 0.289 e. The number of rotatable bonds is 8. The Morgan fingerprint density at radius 1 is 1.09 bits per heavy atom. The van der Waals surface area contributed by atoms with Gasteiger partial charge in [-0.05, 0) is 80.2 Å². The summed E-state index contributed by atoms with van der Waals surface area (Å²) in [5, 5.41) is 0. The lowest BCUT2D eigenvalue weighted by atomic mass is 9.84. The first-order valence-electron chi connectivity index (χ1n) is 11.6. The van der Waals surface area contributed by atoms with Gasteiger partial charge < -0.3 is 14.1 Å². The van der Waals surface area contributed by atoms with Gasteiger partial charge in [-0.3, -0.25) is 9.69 Å². The van der Waals surface area contributed by atoms with E-state index in [4.69, 9.17) is 9.15 Å². The summed E-state index contributed by atoms with van der Waals surface area (Å²) in [6.07, 6.45) is 3.18. The van der Waals surface area contributed by atoms with Crippen LogP contribution in [0.1, 0.15) is 34.5 Å². The number of likely N-dealkylation sites (N-methyl/N-ethyl adjacent to an activating group) is 1. The van der Waals surface area contributed by atoms with Crippen molar-refractivity contribution in [2.75, 3.05) is 27.2 Å². The summed E-state index contributed by atoms with van der Waals surface area (Å²) in [4.78, 5) is 16.8. The van der Waals surface area contributed by atoms with E-state index >= 15 is 0 Å². The maximum absolute atomic E-state index is 14.5. The molecule has 186 valence electrons. The monoisotopic (exact) mass is 486 g/mol. The van der Waals surface area contributed by atoms with E-state index in [0.717, 1.165) is 18.9 Å². The highest BCUT2D eigenvalue weighted by molar-refractivity contribution is 5.91. The van der Waals surface area contributed by atoms with Crippen molar-refractivity contribution in [2.45, 2.75) is 31.8 Å². The van der Waals surface area contributed by atoms with Gasteiger partial charge in [-0.15, -0.1) is 0 Å². The van der Waals surface area contributed by atoms with Crippen molar-refractivity contribution in [1.82, 2.24) is 9.80 Å². The topological polar surface area (TPSA) is 45.9 Å². The molecule has 0 spiro atoms. The Bertz CT molecular complexity index is 1140. The van der Waals surface area contributed by atoms with Crippen LogP contribution in [0.3, 0.4) is 0 Å². The molecule has 0 bridgehead atoms. The van der Waals surface area contributed by atoms with Crippen molar-refractivity contribution in [2.24, 2.45) is 5.92 Å². The van der Waals surface area contributed by atoms with Crippen LogP contribution in [-0.4, -0.2) is 49.0 Å². The minimum absolute atomic E-state index is 0.0785. The summed E-state index contributed by atoms with van der Waals surface area (Å²) in [7, 11) is 3.24. The lowest BCUT2D eigenvalue weighted by Gasteiger charge is -2.40. The number of carbonyl (C=O) groups excluding carboxylic acids is 1. The minimum atomic E-state index is -0.638. The average molecular weight is 487 g/mol. The maximum atomic E-state index is 14.5. The van der Waals surface area contributed by atoms with Gasteiger partial charge in [-0.25, -0.2) is 13.2 Å².